The molecule has 2 aliphatic heterocycles. The average Bonchev–Trinajstić information content (AvgIpc) is 2.95. The summed E-state index contributed by atoms with van der Waals surface area (Å²) in [7, 11) is 1.64. The van der Waals surface area contributed by atoms with Crippen molar-refractivity contribution in [3.05, 3.63) is 47.9 Å². The number of thioether (sulfide) groups is 1. The van der Waals surface area contributed by atoms with Crippen LogP contribution in [0.25, 0.3) is 5.57 Å². The van der Waals surface area contributed by atoms with Gasteiger partial charge in [0.2, 0.25) is 5.91 Å². The molecular weight excluding hydrogens is 316 g/mol. The fourth-order valence-electron chi connectivity index (χ4n) is 2.64. The number of fused-ring (bicyclic) bond motifs is 1. The van der Waals surface area contributed by atoms with Crippen LogP contribution >= 0.6 is 24.0 Å². The van der Waals surface area contributed by atoms with Gasteiger partial charge in [0.1, 0.15) is 5.75 Å². The van der Waals surface area contributed by atoms with Gasteiger partial charge in [-0.3, -0.25) is 9.69 Å². The second-order valence-electron chi connectivity index (χ2n) is 5.02. The third-order valence-electron chi connectivity index (χ3n) is 3.76. The summed E-state index contributed by atoms with van der Waals surface area (Å²) in [5, 5.41) is 5.73. The normalized spacial score (nSPS) is 23.7. The Morgan fingerprint density at radius 2 is 2.18 bits per heavy atom. The lowest BCUT2D eigenvalue weighted by Crippen LogP contribution is -2.57. The maximum atomic E-state index is 12.8. The molecule has 1 saturated heterocycles. The topological polar surface area (TPSA) is 41.6 Å². The lowest BCUT2D eigenvalue weighted by atomic mass is 9.91. The molecule has 6 heteroatoms. The second kappa shape index (κ2) is 6.14. The minimum Gasteiger partial charge on any atom is -0.497 e. The molecule has 1 N–H and O–H groups in total. The number of ether oxygens (including phenoxy) is 1. The van der Waals surface area contributed by atoms with Crippen molar-refractivity contribution in [1.29, 1.82) is 0 Å². The molecule has 4 nitrogen and oxygen atoms in total. The van der Waals surface area contributed by atoms with Gasteiger partial charge in [-0.15, -0.1) is 18.3 Å². The summed E-state index contributed by atoms with van der Waals surface area (Å²) < 4.78 is 5.18. The number of benzene rings is 1. The Labute approximate surface area is 139 Å². The Morgan fingerprint density at radius 3 is 2.82 bits per heavy atom. The maximum Gasteiger partial charge on any atom is 0.239 e. The number of carbonyl (C=O) groups excluding carboxylic acids is 1. The Morgan fingerprint density at radius 1 is 1.45 bits per heavy atom. The van der Waals surface area contributed by atoms with E-state index in [1.54, 1.807) is 29.8 Å². The van der Waals surface area contributed by atoms with E-state index >= 15 is 0 Å². The van der Waals surface area contributed by atoms with Crippen LogP contribution in [-0.2, 0) is 4.79 Å². The van der Waals surface area contributed by atoms with Crippen LogP contribution in [0, 0.1) is 5.92 Å². The predicted molar refractivity (Wildman–Crippen MR) is 93.5 cm³/mol. The molecule has 1 amide bonds. The van der Waals surface area contributed by atoms with Crippen LogP contribution in [0.2, 0.25) is 0 Å². The molecule has 0 radical (unpaired) electrons. The van der Waals surface area contributed by atoms with Crippen LogP contribution < -0.4 is 10.1 Å². The first-order chi connectivity index (χ1) is 10.7. The molecule has 1 aromatic carbocycles. The average molecular weight is 332 g/mol. The van der Waals surface area contributed by atoms with Crippen LogP contribution in [0.1, 0.15) is 5.56 Å². The summed E-state index contributed by atoms with van der Waals surface area (Å²) in [6, 6.07) is 7.76. The van der Waals surface area contributed by atoms with Crippen molar-refractivity contribution in [2.75, 3.05) is 13.7 Å². The Balaban J connectivity index is 1.89. The molecule has 2 atom stereocenters. The summed E-state index contributed by atoms with van der Waals surface area (Å²) in [5.41, 5.74) is 2.05. The SMILES string of the molecule is C=CCN1C(=O)C2C(c3ccc(OC)cc3)=CSC2NC1=S. The van der Waals surface area contributed by atoms with Crippen molar-refractivity contribution in [3.8, 4) is 5.75 Å². The molecule has 22 heavy (non-hydrogen) atoms. The lowest BCUT2D eigenvalue weighted by Gasteiger charge is -2.36. The first-order valence-corrected chi connectivity index (χ1v) is 8.23. The van der Waals surface area contributed by atoms with Crippen LogP contribution in [0.4, 0.5) is 0 Å². The fraction of sp³-hybridized carbons (Fsp3) is 0.250. The van der Waals surface area contributed by atoms with E-state index in [2.05, 4.69) is 11.9 Å². The summed E-state index contributed by atoms with van der Waals surface area (Å²) >= 11 is 6.88. The van der Waals surface area contributed by atoms with E-state index in [0.717, 1.165) is 16.9 Å². The van der Waals surface area contributed by atoms with Gasteiger partial charge in [0.15, 0.2) is 5.11 Å². The van der Waals surface area contributed by atoms with Gasteiger partial charge >= 0.3 is 0 Å². The van der Waals surface area contributed by atoms with E-state index in [4.69, 9.17) is 17.0 Å². The minimum atomic E-state index is -0.231. The van der Waals surface area contributed by atoms with Crippen LogP contribution in [0.3, 0.4) is 0 Å². The van der Waals surface area contributed by atoms with E-state index in [1.807, 2.05) is 29.7 Å². The van der Waals surface area contributed by atoms with Gasteiger partial charge in [-0.05, 0) is 40.9 Å². The number of hydrogen-bond donors (Lipinski definition) is 1. The van der Waals surface area contributed by atoms with Gasteiger partial charge in [0.25, 0.3) is 0 Å². The minimum absolute atomic E-state index is 0.0284. The third kappa shape index (κ3) is 2.53. The molecule has 1 aromatic rings. The van der Waals surface area contributed by atoms with E-state index in [0.29, 0.717) is 11.7 Å². The number of nitrogens with zero attached hydrogens (tertiary/aromatic N) is 1. The molecule has 2 aliphatic rings. The van der Waals surface area contributed by atoms with Crippen molar-refractivity contribution >= 4 is 40.6 Å². The summed E-state index contributed by atoms with van der Waals surface area (Å²) in [6.07, 6.45) is 1.69. The summed E-state index contributed by atoms with van der Waals surface area (Å²) in [5.74, 6) is 0.597. The zero-order chi connectivity index (χ0) is 15.7. The lowest BCUT2D eigenvalue weighted by molar-refractivity contribution is -0.130. The molecule has 1 fully saturated rings. The Kier molecular flexibility index (Phi) is 4.22. The van der Waals surface area contributed by atoms with Crippen molar-refractivity contribution in [2.45, 2.75) is 5.37 Å². The molecule has 0 spiro atoms. The molecule has 0 saturated carbocycles. The number of hydrogen-bond acceptors (Lipinski definition) is 4. The number of rotatable bonds is 4. The van der Waals surface area contributed by atoms with Crippen LogP contribution in [-0.4, -0.2) is 34.9 Å². The smallest absolute Gasteiger partial charge is 0.239 e. The molecule has 0 aromatic heterocycles. The zero-order valence-corrected chi connectivity index (χ0v) is 13.7. The Bertz CT molecular complexity index is 655. The zero-order valence-electron chi connectivity index (χ0n) is 12.1. The van der Waals surface area contributed by atoms with Crippen LogP contribution in [0.15, 0.2) is 42.3 Å². The molecule has 0 bridgehead atoms. The number of carbonyl (C=O) groups is 1. The molecule has 2 unspecified atom stereocenters. The number of amides is 1. The molecule has 114 valence electrons. The Hall–Kier alpha value is -1.79. The maximum absolute atomic E-state index is 12.8. The summed E-state index contributed by atoms with van der Waals surface area (Å²) in [6.45, 7) is 4.12. The quantitative estimate of drug-likeness (QED) is 0.678. The number of nitrogens with one attached hydrogen (secondary N) is 1. The molecule has 3 rings (SSSR count). The predicted octanol–water partition coefficient (Wildman–Crippen LogP) is 2.63. The van der Waals surface area contributed by atoms with Crippen molar-refractivity contribution < 1.29 is 9.53 Å². The van der Waals surface area contributed by atoms with E-state index in [-0.39, 0.29) is 17.2 Å². The van der Waals surface area contributed by atoms with Gasteiger partial charge in [-0.1, -0.05) is 18.2 Å². The highest BCUT2D eigenvalue weighted by molar-refractivity contribution is 8.03. The van der Waals surface area contributed by atoms with E-state index in [9.17, 15) is 4.79 Å². The second-order valence-corrected chi connectivity index (χ2v) is 6.43. The van der Waals surface area contributed by atoms with E-state index < -0.39 is 0 Å². The van der Waals surface area contributed by atoms with Crippen molar-refractivity contribution in [2.24, 2.45) is 5.92 Å². The highest BCUT2D eigenvalue weighted by atomic mass is 32.2. The van der Waals surface area contributed by atoms with Crippen LogP contribution in [0.5, 0.6) is 5.75 Å². The molecular formula is C16H16N2O2S2. The number of methoxy groups -OCH3 is 1. The van der Waals surface area contributed by atoms with Crippen molar-refractivity contribution in [3.63, 3.8) is 0 Å². The van der Waals surface area contributed by atoms with Crippen molar-refractivity contribution in [1.82, 2.24) is 10.2 Å². The molecule has 2 heterocycles. The van der Waals surface area contributed by atoms with Gasteiger partial charge in [-0.25, -0.2) is 0 Å². The first-order valence-electron chi connectivity index (χ1n) is 6.88. The third-order valence-corrected chi connectivity index (χ3v) is 5.17. The molecule has 0 aliphatic carbocycles. The van der Waals surface area contributed by atoms with Gasteiger partial charge in [0.05, 0.1) is 18.4 Å². The largest absolute Gasteiger partial charge is 0.497 e. The number of thiocarbonyl (C=S) groups is 1. The first kappa shape index (κ1) is 15.1. The highest BCUT2D eigenvalue weighted by Crippen LogP contribution is 2.43. The van der Waals surface area contributed by atoms with Gasteiger partial charge < -0.3 is 10.1 Å². The highest BCUT2D eigenvalue weighted by Gasteiger charge is 2.44. The van der Waals surface area contributed by atoms with Gasteiger partial charge in [0, 0.05) is 6.54 Å². The van der Waals surface area contributed by atoms with Gasteiger partial charge in [-0.2, -0.15) is 0 Å². The monoisotopic (exact) mass is 332 g/mol. The standard InChI is InChI=1S/C16H16N2O2S2/c1-3-8-18-15(19)13-12(9-22-14(13)17-16(18)21)10-4-6-11(20-2)7-5-10/h3-7,9,13-14H,1,8H2,2H3,(H,17,21). The van der Waals surface area contributed by atoms with E-state index in [1.165, 1.54) is 0 Å². The summed E-state index contributed by atoms with van der Waals surface area (Å²) in [4.78, 5) is 14.4. The fourth-order valence-corrected chi connectivity index (χ4v) is 4.18.